The number of hydrogen-bond acceptors (Lipinski definition) is 6. The Hall–Kier alpha value is -1.99. The molecule has 0 aromatic carbocycles. The maximum atomic E-state index is 12.6. The summed E-state index contributed by atoms with van der Waals surface area (Å²) in [5, 5.41) is 4.20. The summed E-state index contributed by atoms with van der Waals surface area (Å²) < 4.78 is 0. The fourth-order valence-electron chi connectivity index (χ4n) is 4.21. The van der Waals surface area contributed by atoms with Gasteiger partial charge < -0.3 is 10.2 Å². The Kier molecular flexibility index (Phi) is 6.45. The van der Waals surface area contributed by atoms with Crippen LogP contribution in [0.1, 0.15) is 49.1 Å². The lowest BCUT2D eigenvalue weighted by Gasteiger charge is -2.35. The van der Waals surface area contributed by atoms with Crippen LogP contribution in [0.25, 0.3) is 0 Å². The van der Waals surface area contributed by atoms with Gasteiger partial charge in [0.15, 0.2) is 5.13 Å². The van der Waals surface area contributed by atoms with Crippen molar-refractivity contribution < 1.29 is 4.79 Å². The van der Waals surface area contributed by atoms with Gasteiger partial charge >= 0.3 is 0 Å². The smallest absolute Gasteiger partial charge is 0.236 e. The number of piperidine rings is 2. The van der Waals surface area contributed by atoms with Crippen LogP contribution >= 0.6 is 11.3 Å². The standard InChI is InChI=1S/C22H31N5OS/c1-16-6-12-27(13-7-16)21(28)15-26-10-8-18(9-11-26)19-4-3-5-20(24-19)25-22-23-14-17(2)29-22/h3-5,14,16,18H,6-13,15H2,1-2H3,(H,23,24,25). The third kappa shape index (κ3) is 5.34. The molecule has 2 aliphatic heterocycles. The molecular weight excluding hydrogens is 382 g/mol. The van der Waals surface area contributed by atoms with E-state index < -0.39 is 0 Å². The third-order valence-corrected chi connectivity index (χ3v) is 6.96. The first-order valence-corrected chi connectivity index (χ1v) is 11.5. The van der Waals surface area contributed by atoms with Crippen molar-refractivity contribution >= 4 is 28.2 Å². The van der Waals surface area contributed by atoms with Gasteiger partial charge in [0.25, 0.3) is 0 Å². The van der Waals surface area contributed by atoms with E-state index in [2.05, 4.69) is 46.1 Å². The van der Waals surface area contributed by atoms with Crippen molar-refractivity contribution in [2.24, 2.45) is 5.92 Å². The minimum Gasteiger partial charge on any atom is -0.342 e. The first-order chi connectivity index (χ1) is 14.1. The highest BCUT2D eigenvalue weighted by atomic mass is 32.1. The number of carbonyl (C=O) groups is 1. The first-order valence-electron chi connectivity index (χ1n) is 10.7. The lowest BCUT2D eigenvalue weighted by molar-refractivity contribution is -0.134. The summed E-state index contributed by atoms with van der Waals surface area (Å²) in [4.78, 5) is 27.4. The molecule has 6 nitrogen and oxygen atoms in total. The van der Waals surface area contributed by atoms with Crippen LogP contribution in [0.2, 0.25) is 0 Å². The first kappa shape index (κ1) is 20.3. The topological polar surface area (TPSA) is 61.4 Å². The Morgan fingerprint density at radius 2 is 1.93 bits per heavy atom. The van der Waals surface area contributed by atoms with Gasteiger partial charge in [0.05, 0.1) is 6.54 Å². The molecule has 0 bridgehead atoms. The van der Waals surface area contributed by atoms with Gasteiger partial charge in [0.1, 0.15) is 5.82 Å². The van der Waals surface area contributed by atoms with E-state index in [0.717, 1.165) is 74.4 Å². The predicted octanol–water partition coefficient (Wildman–Crippen LogP) is 4.03. The second-order valence-electron chi connectivity index (χ2n) is 8.46. The molecule has 2 aromatic heterocycles. The van der Waals surface area contributed by atoms with Crippen molar-refractivity contribution in [2.45, 2.75) is 45.4 Å². The molecule has 29 heavy (non-hydrogen) atoms. The van der Waals surface area contributed by atoms with Crippen molar-refractivity contribution in [1.29, 1.82) is 0 Å². The van der Waals surface area contributed by atoms with E-state index in [1.54, 1.807) is 11.3 Å². The summed E-state index contributed by atoms with van der Waals surface area (Å²) in [6.07, 6.45) is 6.27. The van der Waals surface area contributed by atoms with Gasteiger partial charge in [-0.25, -0.2) is 9.97 Å². The summed E-state index contributed by atoms with van der Waals surface area (Å²) in [5.41, 5.74) is 1.14. The Morgan fingerprint density at radius 3 is 2.62 bits per heavy atom. The number of nitrogens with zero attached hydrogens (tertiary/aromatic N) is 4. The van der Waals surface area contributed by atoms with Crippen LogP contribution in [0.3, 0.4) is 0 Å². The van der Waals surface area contributed by atoms with Crippen LogP contribution in [-0.2, 0) is 4.79 Å². The summed E-state index contributed by atoms with van der Waals surface area (Å²) in [5.74, 6) is 2.37. The van der Waals surface area contributed by atoms with Crippen LogP contribution in [0.15, 0.2) is 24.4 Å². The van der Waals surface area contributed by atoms with E-state index in [0.29, 0.717) is 18.4 Å². The zero-order valence-electron chi connectivity index (χ0n) is 17.4. The number of hydrogen-bond donors (Lipinski definition) is 1. The Labute approximate surface area is 177 Å². The molecule has 2 fully saturated rings. The summed E-state index contributed by atoms with van der Waals surface area (Å²) >= 11 is 1.64. The zero-order valence-corrected chi connectivity index (χ0v) is 18.2. The van der Waals surface area contributed by atoms with Crippen LogP contribution in [0.4, 0.5) is 10.9 Å². The van der Waals surface area contributed by atoms with Crippen molar-refractivity contribution in [3.8, 4) is 0 Å². The second kappa shape index (κ2) is 9.22. The second-order valence-corrected chi connectivity index (χ2v) is 9.70. The molecule has 0 atom stereocenters. The highest BCUT2D eigenvalue weighted by Gasteiger charge is 2.26. The number of amides is 1. The van der Waals surface area contributed by atoms with Crippen molar-refractivity contribution in [3.63, 3.8) is 0 Å². The number of aromatic nitrogens is 2. The van der Waals surface area contributed by atoms with Crippen molar-refractivity contribution in [2.75, 3.05) is 38.0 Å². The molecule has 0 spiro atoms. The minimum absolute atomic E-state index is 0.304. The molecule has 2 saturated heterocycles. The number of carbonyl (C=O) groups excluding carboxylic acids is 1. The molecule has 4 rings (SSSR count). The number of pyridine rings is 1. The van der Waals surface area contributed by atoms with Crippen molar-refractivity contribution in [3.05, 3.63) is 35.0 Å². The normalized spacial score (nSPS) is 19.4. The predicted molar refractivity (Wildman–Crippen MR) is 118 cm³/mol. The van der Waals surface area contributed by atoms with Crippen LogP contribution in [0.5, 0.6) is 0 Å². The summed E-state index contributed by atoms with van der Waals surface area (Å²) in [7, 11) is 0. The molecule has 2 aliphatic rings. The molecule has 7 heteroatoms. The van der Waals surface area contributed by atoms with E-state index in [-0.39, 0.29) is 0 Å². The quantitative estimate of drug-likeness (QED) is 0.802. The molecule has 4 heterocycles. The largest absolute Gasteiger partial charge is 0.342 e. The van der Waals surface area contributed by atoms with E-state index in [4.69, 9.17) is 4.98 Å². The Morgan fingerprint density at radius 1 is 1.17 bits per heavy atom. The van der Waals surface area contributed by atoms with Crippen molar-refractivity contribution in [1.82, 2.24) is 19.8 Å². The maximum Gasteiger partial charge on any atom is 0.236 e. The molecular formula is C22H31N5OS. The average Bonchev–Trinajstić information content (AvgIpc) is 3.14. The minimum atomic E-state index is 0.304. The van der Waals surface area contributed by atoms with E-state index in [9.17, 15) is 4.79 Å². The fraction of sp³-hybridized carbons (Fsp3) is 0.591. The van der Waals surface area contributed by atoms with Gasteiger partial charge in [-0.05, 0) is 63.7 Å². The fourth-order valence-corrected chi connectivity index (χ4v) is 4.88. The van der Waals surface area contributed by atoms with Gasteiger partial charge in [0.2, 0.25) is 5.91 Å². The monoisotopic (exact) mass is 413 g/mol. The molecule has 0 unspecified atom stereocenters. The Balaban J connectivity index is 1.28. The maximum absolute atomic E-state index is 12.6. The SMILES string of the molecule is Cc1cnc(Nc2cccc(C3CCN(CC(=O)N4CCC(C)CC4)CC3)n2)s1. The highest BCUT2D eigenvalue weighted by Crippen LogP contribution is 2.28. The number of anilines is 2. The molecule has 0 radical (unpaired) electrons. The lowest BCUT2D eigenvalue weighted by atomic mass is 9.93. The van der Waals surface area contributed by atoms with Gasteiger partial charge in [-0.2, -0.15) is 0 Å². The number of likely N-dealkylation sites (tertiary alicyclic amines) is 2. The molecule has 0 saturated carbocycles. The molecule has 156 valence electrons. The van der Waals surface area contributed by atoms with Crippen LogP contribution < -0.4 is 5.32 Å². The number of rotatable bonds is 5. The van der Waals surface area contributed by atoms with Crippen LogP contribution in [-0.4, -0.2) is 58.4 Å². The van der Waals surface area contributed by atoms with Crippen LogP contribution in [0, 0.1) is 12.8 Å². The average molecular weight is 414 g/mol. The van der Waals surface area contributed by atoms with Gasteiger partial charge in [-0.3, -0.25) is 9.69 Å². The molecule has 1 N–H and O–H groups in total. The number of aryl methyl sites for hydroxylation is 1. The van der Waals surface area contributed by atoms with E-state index in [1.165, 1.54) is 4.88 Å². The number of nitrogens with one attached hydrogen (secondary N) is 1. The lowest BCUT2D eigenvalue weighted by Crippen LogP contribution is -2.45. The van der Waals surface area contributed by atoms with E-state index in [1.807, 2.05) is 12.3 Å². The summed E-state index contributed by atoms with van der Waals surface area (Å²) in [6.45, 7) is 8.69. The molecule has 0 aliphatic carbocycles. The van der Waals surface area contributed by atoms with E-state index >= 15 is 0 Å². The third-order valence-electron chi connectivity index (χ3n) is 6.13. The van der Waals surface area contributed by atoms with Gasteiger partial charge in [-0.15, -0.1) is 11.3 Å². The number of thiazole rings is 1. The molecule has 2 aromatic rings. The molecule has 1 amide bonds. The highest BCUT2D eigenvalue weighted by molar-refractivity contribution is 7.15. The summed E-state index contributed by atoms with van der Waals surface area (Å²) in [6, 6.07) is 6.19. The van der Waals surface area contributed by atoms with Gasteiger partial charge in [0, 0.05) is 35.8 Å². The van der Waals surface area contributed by atoms with Gasteiger partial charge in [-0.1, -0.05) is 13.0 Å². The zero-order chi connectivity index (χ0) is 20.2. The Bertz CT molecular complexity index is 822.